The largest absolute Gasteiger partial charge is 0.354 e. The molecule has 3 rings (SSSR count). The zero-order valence-electron chi connectivity index (χ0n) is 15.2. The number of urea groups is 1. The Balaban J connectivity index is 1.53. The fourth-order valence-corrected chi connectivity index (χ4v) is 3.50. The summed E-state index contributed by atoms with van der Waals surface area (Å²) >= 11 is 0. The van der Waals surface area contributed by atoms with Gasteiger partial charge in [0, 0.05) is 19.3 Å². The van der Waals surface area contributed by atoms with Crippen LogP contribution < -0.4 is 10.6 Å². The minimum absolute atomic E-state index is 0.188. The van der Waals surface area contributed by atoms with E-state index in [4.69, 9.17) is 0 Å². The summed E-state index contributed by atoms with van der Waals surface area (Å²) < 4.78 is 1.82. The van der Waals surface area contributed by atoms with Gasteiger partial charge in [-0.15, -0.1) is 0 Å². The molecule has 1 aromatic heterocycles. The summed E-state index contributed by atoms with van der Waals surface area (Å²) in [6.07, 6.45) is 2.54. The van der Waals surface area contributed by atoms with E-state index >= 15 is 0 Å². The quantitative estimate of drug-likeness (QED) is 0.729. The Kier molecular flexibility index (Phi) is 4.30. The summed E-state index contributed by atoms with van der Waals surface area (Å²) in [5.41, 5.74) is 2.28. The Morgan fingerprint density at radius 2 is 2.04 bits per heavy atom. The molecule has 1 aliphatic carbocycles. The van der Waals surface area contributed by atoms with Crippen molar-refractivity contribution < 1.29 is 14.4 Å². The molecule has 0 bridgehead atoms. The van der Waals surface area contributed by atoms with Crippen molar-refractivity contribution in [2.45, 2.75) is 45.6 Å². The molecule has 2 heterocycles. The maximum Gasteiger partial charge on any atom is 0.325 e. The number of hydrogen-bond donors (Lipinski definition) is 2. The fourth-order valence-electron chi connectivity index (χ4n) is 3.50. The molecule has 4 amide bonds. The fraction of sp³-hybridized carbons (Fsp3) is 0.647. The number of nitrogens with one attached hydrogen (secondary N) is 2. The molecule has 8 heteroatoms. The highest BCUT2D eigenvalue weighted by Gasteiger charge is 2.56. The number of aromatic nitrogens is 2. The van der Waals surface area contributed by atoms with Crippen LogP contribution in [0.3, 0.4) is 0 Å². The van der Waals surface area contributed by atoms with Crippen molar-refractivity contribution in [2.24, 2.45) is 13.0 Å². The Hall–Kier alpha value is -2.38. The second-order valence-corrected chi connectivity index (χ2v) is 7.17. The van der Waals surface area contributed by atoms with Crippen molar-refractivity contribution in [2.75, 3.05) is 13.1 Å². The van der Waals surface area contributed by atoms with E-state index in [-0.39, 0.29) is 24.3 Å². The summed E-state index contributed by atoms with van der Waals surface area (Å²) in [5.74, 6) is -0.439. The van der Waals surface area contributed by atoms with Gasteiger partial charge in [-0.25, -0.2) is 4.79 Å². The van der Waals surface area contributed by atoms with Gasteiger partial charge in [0.2, 0.25) is 5.91 Å². The van der Waals surface area contributed by atoms with Crippen molar-refractivity contribution in [1.29, 1.82) is 0 Å². The topological polar surface area (TPSA) is 96.3 Å². The molecule has 1 atom stereocenters. The summed E-state index contributed by atoms with van der Waals surface area (Å²) in [6, 6.07) is -0.478. The van der Waals surface area contributed by atoms with Crippen molar-refractivity contribution in [1.82, 2.24) is 25.3 Å². The Bertz CT molecular complexity index is 737. The van der Waals surface area contributed by atoms with Crippen LogP contribution in [0.25, 0.3) is 0 Å². The van der Waals surface area contributed by atoms with Gasteiger partial charge in [0.05, 0.1) is 5.69 Å². The minimum Gasteiger partial charge on any atom is -0.354 e. The van der Waals surface area contributed by atoms with Crippen LogP contribution in [0.2, 0.25) is 0 Å². The third kappa shape index (κ3) is 3.12. The molecule has 0 spiro atoms. The van der Waals surface area contributed by atoms with Crippen LogP contribution in [0.1, 0.15) is 36.7 Å². The van der Waals surface area contributed by atoms with Crippen LogP contribution in [0.15, 0.2) is 0 Å². The maximum absolute atomic E-state index is 12.5. The molecule has 1 aliphatic heterocycles. The molecule has 25 heavy (non-hydrogen) atoms. The first-order valence-electron chi connectivity index (χ1n) is 8.64. The number of carbonyl (C=O) groups excluding carboxylic acids is 3. The summed E-state index contributed by atoms with van der Waals surface area (Å²) in [6.45, 7) is 5.88. The third-order valence-corrected chi connectivity index (χ3v) is 5.35. The molecule has 1 saturated heterocycles. The first kappa shape index (κ1) is 17.4. The van der Waals surface area contributed by atoms with Crippen molar-refractivity contribution >= 4 is 17.8 Å². The number of hydrogen-bond acceptors (Lipinski definition) is 4. The number of rotatable bonds is 6. The van der Waals surface area contributed by atoms with Gasteiger partial charge in [-0.2, -0.15) is 5.10 Å². The van der Waals surface area contributed by atoms with Gasteiger partial charge in [0.25, 0.3) is 5.91 Å². The van der Waals surface area contributed by atoms with E-state index < -0.39 is 11.6 Å². The Morgan fingerprint density at radius 1 is 1.36 bits per heavy atom. The lowest BCUT2D eigenvalue weighted by Gasteiger charge is -2.20. The van der Waals surface area contributed by atoms with Gasteiger partial charge in [-0.05, 0) is 51.5 Å². The average molecular weight is 347 g/mol. The summed E-state index contributed by atoms with van der Waals surface area (Å²) in [5, 5.41) is 9.88. The monoisotopic (exact) mass is 347 g/mol. The zero-order valence-corrected chi connectivity index (χ0v) is 15.2. The second-order valence-electron chi connectivity index (χ2n) is 7.17. The molecular formula is C17H25N5O3. The smallest absolute Gasteiger partial charge is 0.325 e. The van der Waals surface area contributed by atoms with Gasteiger partial charge in [-0.1, -0.05) is 0 Å². The predicted octanol–water partition coefficient (Wildman–Crippen LogP) is 0.416. The minimum atomic E-state index is -0.846. The number of aryl methyl sites for hydroxylation is 2. The second kappa shape index (κ2) is 6.16. The van der Waals surface area contributed by atoms with Gasteiger partial charge in [-0.3, -0.25) is 19.2 Å². The Labute approximate surface area is 146 Å². The molecule has 8 nitrogen and oxygen atoms in total. The number of nitrogens with zero attached hydrogens (tertiary/aromatic N) is 3. The predicted molar refractivity (Wildman–Crippen MR) is 90.8 cm³/mol. The highest BCUT2D eigenvalue weighted by molar-refractivity contribution is 6.09. The molecule has 2 N–H and O–H groups in total. The average Bonchev–Trinajstić information content (AvgIpc) is 3.33. The van der Waals surface area contributed by atoms with Crippen molar-refractivity contribution in [3.63, 3.8) is 0 Å². The molecule has 136 valence electrons. The van der Waals surface area contributed by atoms with Crippen molar-refractivity contribution in [3.8, 4) is 0 Å². The van der Waals surface area contributed by atoms with Crippen molar-refractivity contribution in [3.05, 3.63) is 17.0 Å². The number of amides is 4. The lowest BCUT2D eigenvalue weighted by molar-refractivity contribution is -0.135. The van der Waals surface area contributed by atoms with E-state index in [2.05, 4.69) is 15.7 Å². The van der Waals surface area contributed by atoms with Crippen LogP contribution in [0, 0.1) is 19.8 Å². The standard InChI is InChI=1S/C17H25N5O3/c1-10-13(11(2)21(4)20-10)7-8-18-14(23)9-22-15(24)17(3,12-5-6-12)19-16(22)25/h12H,5-9H2,1-4H3,(H,18,23)(H,19,25)/t17-/m1/s1. The lowest BCUT2D eigenvalue weighted by atomic mass is 9.96. The van der Waals surface area contributed by atoms with Gasteiger partial charge < -0.3 is 10.6 Å². The summed E-state index contributed by atoms with van der Waals surface area (Å²) in [7, 11) is 1.89. The molecular weight excluding hydrogens is 322 g/mol. The van der Waals surface area contributed by atoms with E-state index in [0.29, 0.717) is 13.0 Å². The first-order valence-corrected chi connectivity index (χ1v) is 8.64. The van der Waals surface area contributed by atoms with E-state index in [0.717, 1.165) is 34.7 Å². The van der Waals surface area contributed by atoms with E-state index in [9.17, 15) is 14.4 Å². The molecule has 2 fully saturated rings. The van der Waals surface area contributed by atoms with E-state index in [1.165, 1.54) is 0 Å². The highest BCUT2D eigenvalue weighted by Crippen LogP contribution is 2.42. The molecule has 0 unspecified atom stereocenters. The van der Waals surface area contributed by atoms with Gasteiger partial charge >= 0.3 is 6.03 Å². The van der Waals surface area contributed by atoms with Crippen LogP contribution in [-0.2, 0) is 23.1 Å². The lowest BCUT2D eigenvalue weighted by Crippen LogP contribution is -2.47. The maximum atomic E-state index is 12.5. The number of carbonyl (C=O) groups is 3. The molecule has 1 aromatic rings. The highest BCUT2D eigenvalue weighted by atomic mass is 16.2. The third-order valence-electron chi connectivity index (χ3n) is 5.35. The normalized spacial score (nSPS) is 23.1. The molecule has 0 aromatic carbocycles. The van der Waals surface area contributed by atoms with Crippen LogP contribution >= 0.6 is 0 Å². The molecule has 2 aliphatic rings. The molecule has 0 radical (unpaired) electrons. The van der Waals surface area contributed by atoms with Crippen LogP contribution in [0.4, 0.5) is 4.79 Å². The van der Waals surface area contributed by atoms with Gasteiger partial charge in [0.15, 0.2) is 0 Å². The van der Waals surface area contributed by atoms with E-state index in [1.807, 2.05) is 25.6 Å². The zero-order chi connectivity index (χ0) is 18.4. The van der Waals surface area contributed by atoms with Crippen LogP contribution in [0.5, 0.6) is 0 Å². The first-order chi connectivity index (χ1) is 11.7. The van der Waals surface area contributed by atoms with E-state index in [1.54, 1.807) is 6.92 Å². The number of imide groups is 1. The van der Waals surface area contributed by atoms with Crippen LogP contribution in [-0.4, -0.2) is 51.2 Å². The SMILES string of the molecule is Cc1nn(C)c(C)c1CCNC(=O)CN1C(=O)N[C@](C)(C2CC2)C1=O. The Morgan fingerprint density at radius 3 is 2.60 bits per heavy atom. The van der Waals surface area contributed by atoms with Gasteiger partial charge in [0.1, 0.15) is 12.1 Å². The summed E-state index contributed by atoms with van der Waals surface area (Å²) in [4.78, 5) is 37.7. The molecule has 1 saturated carbocycles.